The summed E-state index contributed by atoms with van der Waals surface area (Å²) in [6.07, 6.45) is 6.09. The van der Waals surface area contributed by atoms with Gasteiger partial charge in [-0.25, -0.2) is 0 Å². The number of hydrogen-bond acceptors (Lipinski definition) is 0. The first-order valence-corrected chi connectivity index (χ1v) is 13.9. The van der Waals surface area contributed by atoms with Gasteiger partial charge in [0.25, 0.3) is 0 Å². The molecule has 0 amide bonds. The molecule has 0 saturated carbocycles. The number of para-hydroxylation sites is 1. The zero-order valence-corrected chi connectivity index (χ0v) is 22.9. The van der Waals surface area contributed by atoms with Gasteiger partial charge in [0.05, 0.1) is 0 Å². The van der Waals surface area contributed by atoms with Gasteiger partial charge in [-0.1, -0.05) is 0 Å². The van der Waals surface area contributed by atoms with Crippen LogP contribution in [-0.4, -0.2) is 4.57 Å². The minimum absolute atomic E-state index is 0. The number of benzene rings is 2. The second-order valence-corrected chi connectivity index (χ2v) is 13.3. The Morgan fingerprint density at radius 2 is 1.60 bits per heavy atom. The van der Waals surface area contributed by atoms with Crippen LogP contribution in [0.3, 0.4) is 0 Å². The van der Waals surface area contributed by atoms with Crippen LogP contribution in [0.15, 0.2) is 69.1 Å². The fourth-order valence-electron chi connectivity index (χ4n) is 4.66. The molecule has 4 heteroatoms. The quantitative estimate of drug-likeness (QED) is 0.396. The van der Waals surface area contributed by atoms with Crippen molar-refractivity contribution in [1.82, 2.24) is 4.57 Å². The summed E-state index contributed by atoms with van der Waals surface area (Å²) in [5.41, 5.74) is 11.7. The van der Waals surface area contributed by atoms with Crippen LogP contribution >= 0.6 is 0 Å². The second-order valence-electron chi connectivity index (χ2n) is 8.03. The Labute approximate surface area is 203 Å². The van der Waals surface area contributed by atoms with Crippen molar-refractivity contribution in [3.8, 4) is 0 Å². The summed E-state index contributed by atoms with van der Waals surface area (Å²) >= 11 is -1.07. The number of halogens is 2. The average molecular weight is 601 g/mol. The van der Waals surface area contributed by atoms with Gasteiger partial charge in [-0.3, -0.25) is 0 Å². The van der Waals surface area contributed by atoms with Crippen LogP contribution in [0.4, 0.5) is 0 Å². The number of hydrogen-bond donors (Lipinski definition) is 0. The molecule has 30 heavy (non-hydrogen) atoms. The van der Waals surface area contributed by atoms with Gasteiger partial charge >= 0.3 is 179 Å². The Hall–Kier alpha value is -1.35. The van der Waals surface area contributed by atoms with Gasteiger partial charge in [-0.2, -0.15) is 0 Å². The fraction of sp³-hybridized carbons (Fsp3) is 0.231. The van der Waals surface area contributed by atoms with E-state index in [-0.39, 0.29) is 24.8 Å². The molecule has 0 N–H and O–H groups in total. The van der Waals surface area contributed by atoms with Crippen LogP contribution < -0.4 is 24.8 Å². The van der Waals surface area contributed by atoms with Crippen LogP contribution in [0.5, 0.6) is 0 Å². The summed E-state index contributed by atoms with van der Waals surface area (Å²) in [6, 6.07) is 18.0. The van der Waals surface area contributed by atoms with E-state index in [4.69, 9.17) is 0 Å². The van der Waals surface area contributed by atoms with E-state index in [2.05, 4.69) is 92.9 Å². The SMILES string of the molecule is CC1=CC[C]([Hf+2][CH]2C(n3c(C)c(C)c4ccccc43)=Cc3ccccc32)=C1C.[Cl-].[Cl-]. The molecule has 1 aromatic heterocycles. The number of aryl methyl sites for hydroxylation is 1. The first-order chi connectivity index (χ1) is 13.6. The molecule has 0 spiro atoms. The molecule has 152 valence electrons. The zero-order chi connectivity index (χ0) is 19.4. The van der Waals surface area contributed by atoms with Gasteiger partial charge in [-0.05, 0) is 0 Å². The molecule has 2 aliphatic rings. The minimum Gasteiger partial charge on any atom is -1.00 e. The van der Waals surface area contributed by atoms with Crippen molar-refractivity contribution in [2.24, 2.45) is 0 Å². The van der Waals surface area contributed by atoms with E-state index in [0.29, 0.717) is 3.67 Å². The van der Waals surface area contributed by atoms with E-state index >= 15 is 0 Å². The van der Waals surface area contributed by atoms with Crippen molar-refractivity contribution >= 4 is 22.7 Å². The first kappa shape index (κ1) is 23.3. The number of aromatic nitrogens is 1. The molecule has 3 aromatic rings. The number of rotatable bonds is 3. The molecule has 1 atom stereocenters. The third kappa shape index (κ3) is 3.61. The second kappa shape index (κ2) is 9.02. The van der Waals surface area contributed by atoms with Gasteiger partial charge in [0.1, 0.15) is 0 Å². The van der Waals surface area contributed by atoms with E-state index in [1.165, 1.54) is 45.4 Å². The normalized spacial score (nSPS) is 17.1. The summed E-state index contributed by atoms with van der Waals surface area (Å²) in [7, 11) is 0. The van der Waals surface area contributed by atoms with Gasteiger partial charge in [-0.15, -0.1) is 0 Å². The molecule has 0 fully saturated rings. The van der Waals surface area contributed by atoms with E-state index in [1.807, 2.05) is 0 Å². The molecule has 0 saturated heterocycles. The molecule has 1 nitrogen and oxygen atoms in total. The van der Waals surface area contributed by atoms with Crippen molar-refractivity contribution in [3.05, 3.63) is 91.5 Å². The maximum Gasteiger partial charge on any atom is -1.00 e. The number of allylic oxidation sites excluding steroid dienone is 5. The van der Waals surface area contributed by atoms with E-state index in [0.717, 1.165) is 0 Å². The van der Waals surface area contributed by atoms with Crippen molar-refractivity contribution < 1.29 is 47.7 Å². The Kier molecular flexibility index (Phi) is 7.01. The molecule has 1 unspecified atom stereocenters. The van der Waals surface area contributed by atoms with Crippen LogP contribution in [0, 0.1) is 13.8 Å². The summed E-state index contributed by atoms with van der Waals surface area (Å²) in [6.45, 7) is 9.17. The van der Waals surface area contributed by atoms with Crippen LogP contribution in [0.1, 0.15) is 46.3 Å². The molecule has 0 radical (unpaired) electrons. The van der Waals surface area contributed by atoms with E-state index in [9.17, 15) is 0 Å². The van der Waals surface area contributed by atoms with Gasteiger partial charge < -0.3 is 24.8 Å². The first-order valence-electron chi connectivity index (χ1n) is 10.1. The Balaban J connectivity index is 0.00000128. The third-order valence-corrected chi connectivity index (χ3v) is 13.1. The Bertz CT molecular complexity index is 1210. The number of fused-ring (bicyclic) bond motifs is 2. The summed E-state index contributed by atoms with van der Waals surface area (Å²) in [5, 5.41) is 1.39. The predicted molar refractivity (Wildman–Crippen MR) is 116 cm³/mol. The molecular formula is C26H25Cl2HfN. The van der Waals surface area contributed by atoms with E-state index < -0.39 is 22.9 Å². The van der Waals surface area contributed by atoms with Crippen LogP contribution in [-0.2, 0) is 22.9 Å². The van der Waals surface area contributed by atoms with Crippen molar-refractivity contribution in [1.29, 1.82) is 0 Å². The molecule has 5 rings (SSSR count). The molecule has 2 aliphatic carbocycles. The molecule has 2 aromatic carbocycles. The monoisotopic (exact) mass is 601 g/mol. The molecule has 0 aliphatic heterocycles. The van der Waals surface area contributed by atoms with E-state index in [1.54, 1.807) is 14.5 Å². The van der Waals surface area contributed by atoms with Gasteiger partial charge in [0, 0.05) is 0 Å². The van der Waals surface area contributed by atoms with Gasteiger partial charge in [0.2, 0.25) is 0 Å². The van der Waals surface area contributed by atoms with Crippen LogP contribution in [0.2, 0.25) is 0 Å². The van der Waals surface area contributed by atoms with Crippen molar-refractivity contribution in [2.75, 3.05) is 0 Å². The average Bonchev–Trinajstić information content (AvgIpc) is 3.31. The van der Waals surface area contributed by atoms with Crippen molar-refractivity contribution in [2.45, 2.75) is 37.8 Å². The summed E-state index contributed by atoms with van der Waals surface area (Å²) < 4.78 is 4.96. The number of nitrogens with zero attached hydrogens (tertiary/aromatic N) is 1. The largest absolute Gasteiger partial charge is 1.00 e. The Morgan fingerprint density at radius 1 is 0.900 bits per heavy atom. The van der Waals surface area contributed by atoms with Gasteiger partial charge in [0.15, 0.2) is 0 Å². The maximum absolute atomic E-state index is 2.56. The minimum atomic E-state index is -1.07. The molecule has 0 bridgehead atoms. The predicted octanol–water partition coefficient (Wildman–Crippen LogP) is 1.03. The van der Waals surface area contributed by atoms with Crippen LogP contribution in [0.25, 0.3) is 22.7 Å². The smallest absolute Gasteiger partial charge is 1.00 e. The summed E-state index contributed by atoms with van der Waals surface area (Å²) in [4.78, 5) is 0. The zero-order valence-electron chi connectivity index (χ0n) is 17.8. The molecule has 1 heterocycles. The standard InChI is InChI=1S/C19H16N.C7H9.2ClH.Hf/c1-13-14(2)20(19-10-6-5-9-18(13)19)17-11-15-7-3-4-8-16(15)12-17;1-6-4-3-5-7(6)2;;;/h3-12H,1-2H3;4H,3H2,1-2H3;2*1H;/q;;;;+2/p-2. The van der Waals surface area contributed by atoms with Crippen molar-refractivity contribution in [3.63, 3.8) is 0 Å². The molecular weight excluding hydrogens is 576 g/mol. The fourth-order valence-corrected chi connectivity index (χ4v) is 11.0. The summed E-state index contributed by atoms with van der Waals surface area (Å²) in [5.74, 6) is 0. The third-order valence-electron chi connectivity index (χ3n) is 6.57. The maximum atomic E-state index is 2.56. The topological polar surface area (TPSA) is 4.93 Å². The Morgan fingerprint density at radius 3 is 2.33 bits per heavy atom.